The lowest BCUT2D eigenvalue weighted by Crippen LogP contribution is -2.43. The molecule has 294 valence electrons. The lowest BCUT2D eigenvalue weighted by Gasteiger charge is -2.17. The van der Waals surface area contributed by atoms with Gasteiger partial charge >= 0.3 is 5.69 Å². The number of aryl methyl sites for hydroxylation is 2. The van der Waals surface area contributed by atoms with E-state index in [2.05, 4.69) is 27.5 Å². The molecule has 1 aliphatic heterocycles. The zero-order valence-corrected chi connectivity index (χ0v) is 34.8. The SMILES string of the molecule is CCCCCCCCCCc1c(C)n2c(=O)n(c1=O)CCCCCSc1nc(C)cc(n1)NCCCCCCNc1cc(C)nc(n1)SCCCCC2. The summed E-state index contributed by atoms with van der Waals surface area (Å²) in [4.78, 5) is 46.5. The smallest absolute Gasteiger partial charge is 0.331 e. The van der Waals surface area contributed by atoms with Gasteiger partial charge in [-0.1, -0.05) is 101 Å². The number of anilines is 2. The molecule has 10 nitrogen and oxygen atoms in total. The van der Waals surface area contributed by atoms with Gasteiger partial charge in [0.2, 0.25) is 0 Å². The van der Waals surface area contributed by atoms with Gasteiger partial charge in [0.15, 0.2) is 10.3 Å². The Hall–Kier alpha value is -2.86. The molecule has 0 atom stereocenters. The van der Waals surface area contributed by atoms with Gasteiger partial charge in [0.1, 0.15) is 11.6 Å². The minimum Gasteiger partial charge on any atom is -0.370 e. The summed E-state index contributed by atoms with van der Waals surface area (Å²) in [7, 11) is 0. The van der Waals surface area contributed by atoms with E-state index in [-0.39, 0.29) is 11.2 Å². The predicted octanol–water partition coefficient (Wildman–Crippen LogP) is 9.52. The van der Waals surface area contributed by atoms with Crippen molar-refractivity contribution in [2.24, 2.45) is 0 Å². The monoisotopic (exact) mass is 766 g/mol. The minimum absolute atomic E-state index is 0.0759. The first-order valence-corrected chi connectivity index (χ1v) is 22.6. The van der Waals surface area contributed by atoms with Gasteiger partial charge in [-0.2, -0.15) is 0 Å². The van der Waals surface area contributed by atoms with E-state index in [4.69, 9.17) is 9.97 Å². The topological polar surface area (TPSA) is 120 Å². The van der Waals surface area contributed by atoms with Crippen LogP contribution in [-0.4, -0.2) is 53.7 Å². The van der Waals surface area contributed by atoms with Crippen molar-refractivity contribution in [2.45, 2.75) is 173 Å². The molecule has 53 heavy (non-hydrogen) atoms. The Morgan fingerprint density at radius 1 is 0.604 bits per heavy atom. The number of rotatable bonds is 9. The number of aromatic nitrogens is 6. The molecule has 4 heterocycles. The Bertz CT molecular complexity index is 1640. The highest BCUT2D eigenvalue weighted by atomic mass is 32.2. The van der Waals surface area contributed by atoms with Gasteiger partial charge in [-0.05, 0) is 72.1 Å². The van der Waals surface area contributed by atoms with Crippen LogP contribution < -0.4 is 21.9 Å². The molecule has 0 radical (unpaired) electrons. The van der Waals surface area contributed by atoms with Crippen LogP contribution in [0.5, 0.6) is 0 Å². The molecule has 2 N–H and O–H groups in total. The zero-order valence-electron chi connectivity index (χ0n) is 33.1. The first kappa shape index (κ1) is 42.9. The second kappa shape index (κ2) is 24.5. The van der Waals surface area contributed by atoms with Crippen LogP contribution in [-0.2, 0) is 19.5 Å². The maximum atomic E-state index is 13.8. The van der Waals surface area contributed by atoms with Crippen molar-refractivity contribution < 1.29 is 0 Å². The predicted molar refractivity (Wildman–Crippen MR) is 224 cm³/mol. The van der Waals surface area contributed by atoms with Gasteiger partial charge in [-0.25, -0.2) is 24.7 Å². The molecule has 0 aromatic carbocycles. The molecule has 3 aromatic rings. The maximum absolute atomic E-state index is 13.8. The molecule has 0 fully saturated rings. The molecule has 6 bridgehead atoms. The Kier molecular flexibility index (Phi) is 19.8. The normalized spacial score (nSPS) is 16.1. The van der Waals surface area contributed by atoms with Gasteiger partial charge in [0, 0.05) is 72.5 Å². The van der Waals surface area contributed by atoms with Crippen molar-refractivity contribution in [2.75, 3.05) is 35.2 Å². The maximum Gasteiger partial charge on any atom is 0.331 e. The third-order valence-corrected chi connectivity index (χ3v) is 11.9. The summed E-state index contributed by atoms with van der Waals surface area (Å²) in [6, 6.07) is 4.04. The van der Waals surface area contributed by atoms with Crippen molar-refractivity contribution in [1.82, 2.24) is 29.1 Å². The fourth-order valence-electron chi connectivity index (χ4n) is 6.89. The molecule has 12 heteroatoms. The number of hydrogen-bond acceptors (Lipinski definition) is 10. The third-order valence-electron chi connectivity index (χ3n) is 9.98. The van der Waals surface area contributed by atoms with E-state index in [0.717, 1.165) is 153 Å². The second-order valence-corrected chi connectivity index (χ2v) is 16.7. The molecule has 3 aromatic heterocycles. The fraction of sp³-hybridized carbons (Fsp3) is 0.707. The molecule has 1 aliphatic rings. The highest BCUT2D eigenvalue weighted by Crippen LogP contribution is 2.21. The molecule has 0 saturated carbocycles. The number of thioether (sulfide) groups is 2. The molecule has 0 saturated heterocycles. The average Bonchev–Trinajstić information content (AvgIpc) is 3.13. The summed E-state index contributed by atoms with van der Waals surface area (Å²) in [5.74, 6) is 3.62. The molecule has 0 spiro atoms. The summed E-state index contributed by atoms with van der Waals surface area (Å²) in [5, 5.41) is 8.62. The molecular formula is C41H66N8O2S2. The quantitative estimate of drug-likeness (QED) is 0.161. The first-order valence-electron chi connectivity index (χ1n) is 20.6. The molecule has 0 unspecified atom stereocenters. The highest BCUT2D eigenvalue weighted by molar-refractivity contribution is 7.99. The zero-order chi connectivity index (χ0) is 37.7. The number of nitrogens with zero attached hydrogens (tertiary/aromatic N) is 6. The van der Waals surface area contributed by atoms with Crippen molar-refractivity contribution in [3.63, 3.8) is 0 Å². The molecule has 4 rings (SSSR count). The Labute approximate surface area is 327 Å². The summed E-state index contributed by atoms with van der Waals surface area (Å²) in [5.41, 5.74) is 3.40. The molecule has 0 aliphatic carbocycles. The van der Waals surface area contributed by atoms with Crippen LogP contribution >= 0.6 is 23.5 Å². The van der Waals surface area contributed by atoms with Crippen LogP contribution in [0.15, 0.2) is 32.0 Å². The van der Waals surface area contributed by atoms with Crippen LogP contribution in [0.1, 0.15) is 145 Å². The first-order chi connectivity index (χ1) is 25.9. The van der Waals surface area contributed by atoms with E-state index in [0.29, 0.717) is 13.1 Å². The Morgan fingerprint density at radius 2 is 1.09 bits per heavy atom. The lowest BCUT2D eigenvalue weighted by molar-refractivity contribution is 0.487. The van der Waals surface area contributed by atoms with Crippen LogP contribution in [0.3, 0.4) is 0 Å². The van der Waals surface area contributed by atoms with E-state index in [9.17, 15) is 9.59 Å². The summed E-state index contributed by atoms with van der Waals surface area (Å²) in [6.07, 6.45) is 20.7. The largest absolute Gasteiger partial charge is 0.370 e. The van der Waals surface area contributed by atoms with Crippen molar-refractivity contribution in [1.29, 1.82) is 0 Å². The lowest BCUT2D eigenvalue weighted by atomic mass is 10.0. The Balaban J connectivity index is 1.43. The van der Waals surface area contributed by atoms with Crippen LogP contribution in [0.25, 0.3) is 0 Å². The minimum atomic E-state index is -0.152. The standard InChI is InChI=1S/C41H66N8O2S2/c1-5-6-7-8-9-10-11-16-23-35-34(4)48-26-19-14-21-28-52-39-44-32(2)30-36(46-39)42-24-17-12-13-18-25-43-37-31-33(3)45-40(47-37)53-29-22-15-20-27-49(38(35)50)41(48)51/h30-31H,5-29H2,1-4H3,(H,42,44,46)(H,43,45,47). The van der Waals surface area contributed by atoms with Gasteiger partial charge in [-0.3, -0.25) is 13.9 Å². The van der Waals surface area contributed by atoms with Crippen LogP contribution in [0, 0.1) is 20.8 Å². The molecular weight excluding hydrogens is 701 g/mol. The van der Waals surface area contributed by atoms with Crippen molar-refractivity contribution in [3.05, 3.63) is 55.6 Å². The number of nitrogens with one attached hydrogen (secondary N) is 2. The highest BCUT2D eigenvalue weighted by Gasteiger charge is 2.16. The number of unbranched alkanes of at least 4 members (excludes halogenated alkanes) is 7. The van der Waals surface area contributed by atoms with E-state index in [1.54, 1.807) is 23.5 Å². The fourth-order valence-corrected chi connectivity index (χ4v) is 8.70. The number of hydrogen-bond donors (Lipinski definition) is 2. The van der Waals surface area contributed by atoms with Gasteiger partial charge in [-0.15, -0.1) is 0 Å². The summed E-state index contributed by atoms with van der Waals surface area (Å²) in [6.45, 7) is 11.2. The summed E-state index contributed by atoms with van der Waals surface area (Å²) < 4.78 is 3.43. The summed E-state index contributed by atoms with van der Waals surface area (Å²) >= 11 is 3.38. The Morgan fingerprint density at radius 3 is 1.64 bits per heavy atom. The third kappa shape index (κ3) is 15.4. The average molecular weight is 767 g/mol. The van der Waals surface area contributed by atoms with Gasteiger partial charge in [0.25, 0.3) is 5.56 Å². The van der Waals surface area contributed by atoms with Gasteiger partial charge in [0.05, 0.1) is 0 Å². The van der Waals surface area contributed by atoms with E-state index in [1.807, 2.05) is 37.5 Å². The van der Waals surface area contributed by atoms with Crippen LogP contribution in [0.2, 0.25) is 0 Å². The van der Waals surface area contributed by atoms with Crippen LogP contribution in [0.4, 0.5) is 11.6 Å². The van der Waals surface area contributed by atoms with E-state index < -0.39 is 0 Å². The van der Waals surface area contributed by atoms with E-state index >= 15 is 0 Å². The second-order valence-electron chi connectivity index (χ2n) is 14.6. The van der Waals surface area contributed by atoms with E-state index in [1.165, 1.54) is 43.1 Å². The van der Waals surface area contributed by atoms with Crippen molar-refractivity contribution in [3.8, 4) is 0 Å². The number of fused-ring (bicyclic) bond motifs is 6. The van der Waals surface area contributed by atoms with Crippen molar-refractivity contribution >= 4 is 35.2 Å². The van der Waals surface area contributed by atoms with Gasteiger partial charge < -0.3 is 10.6 Å². The molecule has 0 amide bonds.